The van der Waals surface area contributed by atoms with Gasteiger partial charge in [-0.2, -0.15) is 0 Å². The summed E-state index contributed by atoms with van der Waals surface area (Å²) in [4.78, 5) is 0. The van der Waals surface area contributed by atoms with Gasteiger partial charge >= 0.3 is 0 Å². The molecule has 2 heteroatoms. The number of benzene rings is 2. The first-order chi connectivity index (χ1) is 8.35. The fourth-order valence-corrected chi connectivity index (χ4v) is 2.04. The second kappa shape index (κ2) is 5.62. The lowest BCUT2D eigenvalue weighted by Crippen LogP contribution is -2.03. The summed E-state index contributed by atoms with van der Waals surface area (Å²) < 4.78 is 0. The molecule has 0 radical (unpaired) electrons. The fraction of sp³-hybridized carbons (Fsp3) is 0.200. The van der Waals surface area contributed by atoms with Crippen LogP contribution in [0.4, 0.5) is 0 Å². The van der Waals surface area contributed by atoms with Crippen LogP contribution < -0.4 is 11.5 Å². The Hall–Kier alpha value is -1.64. The van der Waals surface area contributed by atoms with Gasteiger partial charge in [0.1, 0.15) is 0 Å². The molecule has 2 aromatic rings. The van der Waals surface area contributed by atoms with Gasteiger partial charge in [0.25, 0.3) is 0 Å². The molecule has 0 spiro atoms. The van der Waals surface area contributed by atoms with E-state index in [0.717, 1.165) is 6.42 Å². The van der Waals surface area contributed by atoms with Crippen molar-refractivity contribution in [2.75, 3.05) is 6.54 Å². The van der Waals surface area contributed by atoms with E-state index in [2.05, 4.69) is 36.4 Å². The first-order valence-electron chi connectivity index (χ1n) is 5.92. The van der Waals surface area contributed by atoms with Gasteiger partial charge in [0.15, 0.2) is 0 Å². The van der Waals surface area contributed by atoms with E-state index >= 15 is 0 Å². The molecule has 88 valence electrons. The third-order valence-electron chi connectivity index (χ3n) is 2.91. The predicted molar refractivity (Wildman–Crippen MR) is 72.5 cm³/mol. The van der Waals surface area contributed by atoms with E-state index in [0.29, 0.717) is 13.1 Å². The van der Waals surface area contributed by atoms with Crippen molar-refractivity contribution in [2.24, 2.45) is 11.5 Å². The van der Waals surface area contributed by atoms with Crippen molar-refractivity contribution in [3.63, 3.8) is 0 Å². The van der Waals surface area contributed by atoms with E-state index in [-0.39, 0.29) is 0 Å². The van der Waals surface area contributed by atoms with Gasteiger partial charge < -0.3 is 11.5 Å². The largest absolute Gasteiger partial charge is 0.330 e. The average Bonchev–Trinajstić information content (AvgIpc) is 2.39. The lowest BCUT2D eigenvalue weighted by Gasteiger charge is -2.09. The summed E-state index contributed by atoms with van der Waals surface area (Å²) in [6, 6.07) is 16.8. The molecule has 2 aromatic carbocycles. The number of nitrogens with two attached hydrogens (primary N) is 2. The molecule has 0 atom stereocenters. The van der Waals surface area contributed by atoms with Gasteiger partial charge in [-0.15, -0.1) is 0 Å². The van der Waals surface area contributed by atoms with Gasteiger partial charge in [0, 0.05) is 6.54 Å². The molecule has 0 aliphatic rings. The Morgan fingerprint density at radius 3 is 2.47 bits per heavy atom. The minimum absolute atomic E-state index is 0.567. The summed E-state index contributed by atoms with van der Waals surface area (Å²) >= 11 is 0. The molecule has 2 rings (SSSR count). The molecule has 17 heavy (non-hydrogen) atoms. The van der Waals surface area contributed by atoms with Crippen molar-refractivity contribution in [3.8, 4) is 11.1 Å². The standard InChI is InChI=1S/C15H18N2/c16-9-8-12-4-3-6-13(10-12)15-7-2-1-5-14(15)11-17/h1-7,10H,8-9,11,16-17H2. The highest BCUT2D eigenvalue weighted by Crippen LogP contribution is 2.24. The summed E-state index contributed by atoms with van der Waals surface area (Å²) in [7, 11) is 0. The van der Waals surface area contributed by atoms with Gasteiger partial charge in [-0.1, -0.05) is 48.5 Å². The quantitative estimate of drug-likeness (QED) is 0.840. The van der Waals surface area contributed by atoms with Crippen molar-refractivity contribution in [1.29, 1.82) is 0 Å². The van der Waals surface area contributed by atoms with Gasteiger partial charge in [0.05, 0.1) is 0 Å². The molecular weight excluding hydrogens is 208 g/mol. The van der Waals surface area contributed by atoms with E-state index in [1.165, 1.54) is 22.3 Å². The van der Waals surface area contributed by atoms with Crippen LogP contribution in [0.15, 0.2) is 48.5 Å². The van der Waals surface area contributed by atoms with Gasteiger partial charge in [-0.3, -0.25) is 0 Å². The van der Waals surface area contributed by atoms with Gasteiger partial charge in [0.2, 0.25) is 0 Å². The van der Waals surface area contributed by atoms with Crippen LogP contribution in [-0.2, 0) is 13.0 Å². The number of rotatable bonds is 4. The molecule has 0 fully saturated rings. The molecule has 0 aromatic heterocycles. The van der Waals surface area contributed by atoms with E-state index in [9.17, 15) is 0 Å². The van der Waals surface area contributed by atoms with Crippen LogP contribution in [0.25, 0.3) is 11.1 Å². The molecule has 0 aliphatic carbocycles. The minimum atomic E-state index is 0.567. The average molecular weight is 226 g/mol. The van der Waals surface area contributed by atoms with Crippen molar-refractivity contribution < 1.29 is 0 Å². The normalized spacial score (nSPS) is 10.5. The first kappa shape index (κ1) is 11.8. The zero-order valence-electron chi connectivity index (χ0n) is 9.89. The third kappa shape index (κ3) is 2.73. The van der Waals surface area contributed by atoms with Crippen molar-refractivity contribution in [1.82, 2.24) is 0 Å². The highest BCUT2D eigenvalue weighted by atomic mass is 14.5. The second-order valence-corrected chi connectivity index (χ2v) is 4.10. The zero-order chi connectivity index (χ0) is 12.1. The van der Waals surface area contributed by atoms with Gasteiger partial charge in [-0.25, -0.2) is 0 Å². The van der Waals surface area contributed by atoms with Crippen LogP contribution in [0.5, 0.6) is 0 Å². The summed E-state index contributed by atoms with van der Waals surface area (Å²) in [6.07, 6.45) is 0.915. The van der Waals surface area contributed by atoms with Crippen LogP contribution in [0.2, 0.25) is 0 Å². The Labute approximate surface area is 102 Å². The summed E-state index contributed by atoms with van der Waals surface area (Å²) in [5, 5.41) is 0. The van der Waals surface area contributed by atoms with E-state index < -0.39 is 0 Å². The molecule has 0 heterocycles. The first-order valence-corrected chi connectivity index (χ1v) is 5.92. The SMILES string of the molecule is NCCc1cccc(-c2ccccc2CN)c1. The van der Waals surface area contributed by atoms with Crippen LogP contribution >= 0.6 is 0 Å². The van der Waals surface area contributed by atoms with Crippen LogP contribution in [0.3, 0.4) is 0 Å². The van der Waals surface area contributed by atoms with Crippen molar-refractivity contribution >= 4 is 0 Å². The Bertz CT molecular complexity index is 492. The Balaban J connectivity index is 2.41. The number of hydrogen-bond donors (Lipinski definition) is 2. The molecule has 0 amide bonds. The predicted octanol–water partition coefficient (Wildman–Crippen LogP) is 2.31. The molecule has 0 bridgehead atoms. The Morgan fingerprint density at radius 2 is 1.71 bits per heavy atom. The fourth-order valence-electron chi connectivity index (χ4n) is 2.04. The molecule has 0 saturated heterocycles. The van der Waals surface area contributed by atoms with E-state index in [1.54, 1.807) is 0 Å². The molecule has 4 N–H and O–H groups in total. The number of hydrogen-bond acceptors (Lipinski definition) is 2. The van der Waals surface area contributed by atoms with Gasteiger partial charge in [-0.05, 0) is 35.2 Å². The molecule has 0 saturated carbocycles. The minimum Gasteiger partial charge on any atom is -0.330 e. The zero-order valence-corrected chi connectivity index (χ0v) is 9.89. The second-order valence-electron chi connectivity index (χ2n) is 4.10. The summed E-state index contributed by atoms with van der Waals surface area (Å²) in [5.41, 5.74) is 16.2. The van der Waals surface area contributed by atoms with Crippen LogP contribution in [0, 0.1) is 0 Å². The third-order valence-corrected chi connectivity index (χ3v) is 2.91. The maximum Gasteiger partial charge on any atom is 0.0184 e. The monoisotopic (exact) mass is 226 g/mol. The van der Waals surface area contributed by atoms with E-state index in [4.69, 9.17) is 11.5 Å². The highest BCUT2D eigenvalue weighted by molar-refractivity contribution is 5.67. The van der Waals surface area contributed by atoms with Crippen LogP contribution in [-0.4, -0.2) is 6.54 Å². The van der Waals surface area contributed by atoms with Crippen molar-refractivity contribution in [3.05, 3.63) is 59.7 Å². The van der Waals surface area contributed by atoms with E-state index in [1.807, 2.05) is 12.1 Å². The highest BCUT2D eigenvalue weighted by Gasteiger charge is 2.03. The maximum absolute atomic E-state index is 5.76. The maximum atomic E-state index is 5.76. The Morgan fingerprint density at radius 1 is 0.882 bits per heavy atom. The summed E-state index contributed by atoms with van der Waals surface area (Å²) in [5.74, 6) is 0. The lowest BCUT2D eigenvalue weighted by atomic mass is 9.97. The molecule has 0 unspecified atom stereocenters. The Kier molecular flexibility index (Phi) is 3.91. The van der Waals surface area contributed by atoms with Crippen molar-refractivity contribution in [2.45, 2.75) is 13.0 Å². The molecule has 2 nitrogen and oxygen atoms in total. The smallest absolute Gasteiger partial charge is 0.0184 e. The lowest BCUT2D eigenvalue weighted by molar-refractivity contribution is 0.969. The summed E-state index contributed by atoms with van der Waals surface area (Å²) in [6.45, 7) is 1.25. The van der Waals surface area contributed by atoms with Crippen LogP contribution in [0.1, 0.15) is 11.1 Å². The molecular formula is C15H18N2. The molecule has 0 aliphatic heterocycles. The topological polar surface area (TPSA) is 52.0 Å².